The maximum atomic E-state index is 14.1. The number of amidine groups is 1. The van der Waals surface area contributed by atoms with Crippen molar-refractivity contribution < 1.29 is 22.7 Å². The van der Waals surface area contributed by atoms with E-state index in [9.17, 15) is 18.0 Å². The van der Waals surface area contributed by atoms with Gasteiger partial charge in [0.25, 0.3) is 5.91 Å². The number of imidazole rings is 1. The third kappa shape index (κ3) is 7.39. The Balaban J connectivity index is 0.00000281. The molecule has 12 nitrogen and oxygen atoms in total. The molecule has 2 aliphatic heterocycles. The van der Waals surface area contributed by atoms with Crippen LogP contribution < -0.4 is 10.5 Å². The molecule has 0 aliphatic carbocycles. The molecule has 268 valence electrons. The largest absolute Gasteiger partial charge is 0.485 e. The lowest BCUT2D eigenvalue weighted by atomic mass is 10.1. The SMILES string of the molecule is Cc1nc2c(OCc3c(Cl)ccc(S(=O)(=O)N4CCC[C@H]4C(=O)N4CCN(C(=O)c5ccc(C(=N)N)cc5)CC4)c3Cl)cccn2c1C.Cl.Cl. The second kappa shape index (κ2) is 15.7. The highest BCUT2D eigenvalue weighted by atomic mass is 35.5. The van der Waals surface area contributed by atoms with Crippen LogP contribution in [0.5, 0.6) is 5.75 Å². The van der Waals surface area contributed by atoms with E-state index in [4.69, 9.17) is 39.1 Å². The van der Waals surface area contributed by atoms with E-state index in [1.54, 1.807) is 40.1 Å². The van der Waals surface area contributed by atoms with E-state index < -0.39 is 16.1 Å². The molecule has 17 heteroatoms. The number of sulfonamides is 1. The van der Waals surface area contributed by atoms with Gasteiger partial charge in [-0.2, -0.15) is 4.31 Å². The number of nitrogen functional groups attached to an aromatic ring is 1. The van der Waals surface area contributed by atoms with Crippen LogP contribution in [-0.2, 0) is 21.4 Å². The van der Waals surface area contributed by atoms with Crippen molar-refractivity contribution >= 4 is 81.3 Å². The van der Waals surface area contributed by atoms with Crippen molar-refractivity contribution in [1.29, 1.82) is 5.41 Å². The van der Waals surface area contributed by atoms with Gasteiger partial charge in [-0.15, -0.1) is 24.8 Å². The van der Waals surface area contributed by atoms with Gasteiger partial charge in [0, 0.05) is 66.3 Å². The van der Waals surface area contributed by atoms with Crippen molar-refractivity contribution in [3.63, 3.8) is 0 Å². The molecule has 2 aromatic carbocycles. The summed E-state index contributed by atoms with van der Waals surface area (Å²) in [5.41, 5.74) is 9.25. The lowest BCUT2D eigenvalue weighted by Gasteiger charge is -2.37. The van der Waals surface area contributed by atoms with Crippen molar-refractivity contribution in [1.82, 2.24) is 23.5 Å². The van der Waals surface area contributed by atoms with Gasteiger partial charge in [-0.05, 0) is 63.1 Å². The number of carbonyl (C=O) groups excluding carboxylic acids is 2. The van der Waals surface area contributed by atoms with E-state index >= 15 is 0 Å². The zero-order valence-corrected chi connectivity index (χ0v) is 31.2. The van der Waals surface area contributed by atoms with Crippen molar-refractivity contribution in [2.24, 2.45) is 5.73 Å². The Morgan fingerprint density at radius 1 is 0.960 bits per heavy atom. The number of carbonyl (C=O) groups is 2. The number of fused-ring (bicyclic) bond motifs is 1. The zero-order chi connectivity index (χ0) is 34.3. The summed E-state index contributed by atoms with van der Waals surface area (Å²) in [7, 11) is -4.20. The summed E-state index contributed by atoms with van der Waals surface area (Å²) in [4.78, 5) is 34.5. The average Bonchev–Trinajstić information content (AvgIpc) is 3.69. The number of hydrogen-bond acceptors (Lipinski definition) is 7. The number of amides is 2. The average molecular weight is 786 g/mol. The fourth-order valence-corrected chi connectivity index (χ4v) is 8.68. The molecule has 0 unspecified atom stereocenters. The summed E-state index contributed by atoms with van der Waals surface area (Å²) < 4.78 is 37.3. The van der Waals surface area contributed by atoms with E-state index in [0.29, 0.717) is 54.0 Å². The number of nitrogens with zero attached hydrogens (tertiary/aromatic N) is 5. The lowest BCUT2D eigenvalue weighted by molar-refractivity contribution is -0.136. The first kappa shape index (κ1) is 39.2. The van der Waals surface area contributed by atoms with Crippen LogP contribution in [0, 0.1) is 19.3 Å². The molecule has 2 amide bonds. The van der Waals surface area contributed by atoms with Crippen LogP contribution in [0.25, 0.3) is 5.65 Å². The molecule has 3 N–H and O–H groups in total. The topological polar surface area (TPSA) is 154 Å². The Kier molecular flexibility index (Phi) is 12.3. The predicted octanol–water partition coefficient (Wildman–Crippen LogP) is 5.10. The van der Waals surface area contributed by atoms with Gasteiger partial charge in [0.2, 0.25) is 15.9 Å². The molecule has 50 heavy (non-hydrogen) atoms. The molecule has 2 aromatic heterocycles. The van der Waals surface area contributed by atoms with Gasteiger partial charge in [-0.1, -0.05) is 35.3 Å². The summed E-state index contributed by atoms with van der Waals surface area (Å²) in [6.07, 6.45) is 2.77. The smallest absolute Gasteiger partial charge is 0.253 e. The van der Waals surface area contributed by atoms with Crippen LogP contribution >= 0.6 is 48.0 Å². The Labute approximate surface area is 312 Å². The molecule has 0 bridgehead atoms. The number of halogens is 4. The summed E-state index contributed by atoms with van der Waals surface area (Å²) in [5, 5.41) is 7.72. The predicted molar refractivity (Wildman–Crippen MR) is 197 cm³/mol. The summed E-state index contributed by atoms with van der Waals surface area (Å²) >= 11 is 13.2. The number of nitrogens with two attached hydrogens (primary N) is 1. The van der Waals surface area contributed by atoms with Crippen LogP contribution in [0.2, 0.25) is 10.0 Å². The van der Waals surface area contributed by atoms with Crippen LogP contribution in [0.15, 0.2) is 59.6 Å². The third-order valence-electron chi connectivity index (χ3n) is 9.01. The van der Waals surface area contributed by atoms with Crippen LogP contribution in [0.1, 0.15) is 45.7 Å². The van der Waals surface area contributed by atoms with Crippen LogP contribution in [-0.4, -0.2) is 88.3 Å². The van der Waals surface area contributed by atoms with Crippen molar-refractivity contribution in [2.45, 2.75) is 44.2 Å². The van der Waals surface area contributed by atoms with Crippen molar-refractivity contribution in [3.05, 3.63) is 92.9 Å². The number of pyridine rings is 1. The van der Waals surface area contributed by atoms with Gasteiger partial charge in [0.1, 0.15) is 23.4 Å². The fourth-order valence-electron chi connectivity index (χ4n) is 6.16. The number of hydrogen-bond donors (Lipinski definition) is 2. The van der Waals surface area contributed by atoms with Gasteiger partial charge < -0.3 is 24.7 Å². The quantitative estimate of drug-likeness (QED) is 0.186. The minimum absolute atomic E-state index is 0. The number of aryl methyl sites for hydroxylation is 2. The van der Waals surface area contributed by atoms with Gasteiger partial charge >= 0.3 is 0 Å². The number of ether oxygens (including phenoxy) is 1. The molecule has 2 saturated heterocycles. The molecular formula is C33H37Cl4N7O5S. The molecule has 4 aromatic rings. The Morgan fingerprint density at radius 3 is 2.26 bits per heavy atom. The third-order valence-corrected chi connectivity index (χ3v) is 11.9. The summed E-state index contributed by atoms with van der Waals surface area (Å²) in [5.74, 6) is -0.0827. The van der Waals surface area contributed by atoms with E-state index in [-0.39, 0.29) is 83.6 Å². The Morgan fingerprint density at radius 2 is 1.60 bits per heavy atom. The highest BCUT2D eigenvalue weighted by Gasteiger charge is 2.43. The van der Waals surface area contributed by atoms with E-state index in [1.165, 1.54) is 16.4 Å². The highest BCUT2D eigenvalue weighted by Crippen LogP contribution is 2.36. The van der Waals surface area contributed by atoms with Crippen molar-refractivity contribution in [3.8, 4) is 5.75 Å². The first-order valence-electron chi connectivity index (χ1n) is 15.5. The first-order valence-corrected chi connectivity index (χ1v) is 17.7. The normalized spacial score (nSPS) is 16.5. The molecule has 2 aliphatic rings. The maximum absolute atomic E-state index is 14.1. The van der Waals surface area contributed by atoms with Gasteiger partial charge in [-0.25, -0.2) is 13.4 Å². The number of piperazine rings is 1. The fraction of sp³-hybridized carbons (Fsp3) is 0.333. The standard InChI is InChI=1S/C33H35Cl2N7O5S.2ClH/c1-20-21(2)41-13-4-6-27(31(41)38-20)47-19-24-25(34)11-12-28(29(24)35)48(45,46)42-14-3-5-26(42)33(44)40-17-15-39(16-18-40)32(43)23-9-7-22(8-10-23)30(36)37;;/h4,6-13,26H,3,5,14-19H2,1-2H3,(H3,36,37);2*1H/t26-;;/m0../s1. The van der Waals surface area contributed by atoms with E-state index in [0.717, 1.165) is 11.4 Å². The molecule has 1 atom stereocenters. The number of aromatic nitrogens is 2. The first-order chi connectivity index (χ1) is 22.9. The molecule has 2 fully saturated rings. The molecular weight excluding hydrogens is 748 g/mol. The minimum atomic E-state index is -4.20. The van der Waals surface area contributed by atoms with Crippen molar-refractivity contribution in [2.75, 3.05) is 32.7 Å². The minimum Gasteiger partial charge on any atom is -0.485 e. The second-order valence-corrected chi connectivity index (χ2v) is 14.5. The van der Waals surface area contributed by atoms with Crippen LogP contribution in [0.4, 0.5) is 0 Å². The Bertz CT molecular complexity index is 2030. The number of benzene rings is 2. The molecule has 0 spiro atoms. The molecule has 0 radical (unpaired) electrons. The van der Waals surface area contributed by atoms with Gasteiger partial charge in [0.15, 0.2) is 11.4 Å². The van der Waals surface area contributed by atoms with Gasteiger partial charge in [-0.3, -0.25) is 15.0 Å². The lowest BCUT2D eigenvalue weighted by Crippen LogP contribution is -2.55. The highest BCUT2D eigenvalue weighted by molar-refractivity contribution is 7.89. The molecule has 0 saturated carbocycles. The maximum Gasteiger partial charge on any atom is 0.253 e. The second-order valence-electron chi connectivity index (χ2n) is 11.9. The molecule has 4 heterocycles. The van der Waals surface area contributed by atoms with Crippen LogP contribution in [0.3, 0.4) is 0 Å². The summed E-state index contributed by atoms with van der Waals surface area (Å²) in [6, 6.07) is 12.0. The zero-order valence-electron chi connectivity index (χ0n) is 27.3. The van der Waals surface area contributed by atoms with Gasteiger partial charge in [0.05, 0.1) is 10.7 Å². The summed E-state index contributed by atoms with van der Waals surface area (Å²) in [6.45, 7) is 5.07. The molecule has 6 rings (SSSR count). The Hall–Kier alpha value is -3.59. The number of nitrogens with one attached hydrogen (secondary N) is 1. The van der Waals surface area contributed by atoms with E-state index in [1.807, 2.05) is 30.5 Å². The number of rotatable bonds is 8. The van der Waals surface area contributed by atoms with E-state index in [2.05, 4.69) is 4.98 Å². The monoisotopic (exact) mass is 783 g/mol.